The molecule has 0 saturated carbocycles. The predicted octanol–water partition coefficient (Wildman–Crippen LogP) is 0.774. The monoisotopic (exact) mass is 232 g/mol. The molecule has 0 amide bonds. The Morgan fingerprint density at radius 3 is 2.33 bits per heavy atom. The van der Waals surface area contributed by atoms with Gasteiger partial charge in [-0.1, -0.05) is 12.1 Å². The van der Waals surface area contributed by atoms with Crippen molar-refractivity contribution < 1.29 is 17.9 Å². The van der Waals surface area contributed by atoms with Crippen LogP contribution >= 0.6 is 0 Å². The quantitative estimate of drug-likeness (QED) is 0.834. The summed E-state index contributed by atoms with van der Waals surface area (Å²) in [6.45, 7) is 0. The first-order valence-corrected chi connectivity index (χ1v) is 6.53. The number of rotatable bonds is 4. The van der Waals surface area contributed by atoms with E-state index in [0.29, 0.717) is 5.56 Å². The normalized spacial score (nSPS) is 13.8. The van der Waals surface area contributed by atoms with Gasteiger partial charge in [0.05, 0.1) is 11.9 Å². The van der Waals surface area contributed by atoms with Gasteiger partial charge in [-0.2, -0.15) is 0 Å². The highest BCUT2D eigenvalue weighted by atomic mass is 32.2. The van der Waals surface area contributed by atoms with E-state index in [2.05, 4.69) is 0 Å². The fraction of sp³-hybridized carbons (Fsp3) is 0.400. The molecule has 0 fully saturated rings. The summed E-state index contributed by atoms with van der Waals surface area (Å²) < 4.78 is 34.3. The molecule has 1 N–H and O–H groups in total. The van der Waals surface area contributed by atoms with E-state index in [9.17, 15) is 17.9 Å². The molecule has 0 radical (unpaired) electrons. The maximum absolute atomic E-state index is 12.5. The SMILES string of the molecule is CS(=O)(=O)CC(O)Cc1ccc(F)cc1. The molecule has 0 spiro atoms. The number of aliphatic hydroxyl groups excluding tert-OH is 1. The highest BCUT2D eigenvalue weighted by Gasteiger charge is 2.12. The lowest BCUT2D eigenvalue weighted by Crippen LogP contribution is -2.22. The molecule has 0 saturated heterocycles. The highest BCUT2D eigenvalue weighted by Crippen LogP contribution is 2.06. The van der Waals surface area contributed by atoms with Gasteiger partial charge in [-0.3, -0.25) is 0 Å². The summed E-state index contributed by atoms with van der Waals surface area (Å²) in [5, 5.41) is 9.43. The third-order valence-corrected chi connectivity index (χ3v) is 2.87. The van der Waals surface area contributed by atoms with Gasteiger partial charge in [0.1, 0.15) is 15.7 Å². The fourth-order valence-electron chi connectivity index (χ4n) is 1.30. The van der Waals surface area contributed by atoms with Gasteiger partial charge in [-0.05, 0) is 24.1 Å². The summed E-state index contributed by atoms with van der Waals surface area (Å²) in [6, 6.07) is 5.62. The lowest BCUT2D eigenvalue weighted by Gasteiger charge is -2.08. The minimum atomic E-state index is -3.18. The average Bonchev–Trinajstić information content (AvgIpc) is 2.05. The summed E-state index contributed by atoms with van der Waals surface area (Å²) in [7, 11) is -3.18. The van der Waals surface area contributed by atoms with Crippen LogP contribution in [-0.4, -0.2) is 31.6 Å². The van der Waals surface area contributed by atoms with E-state index < -0.39 is 15.9 Å². The van der Waals surface area contributed by atoms with Crippen molar-refractivity contribution in [2.24, 2.45) is 0 Å². The molecular weight excluding hydrogens is 219 g/mol. The third kappa shape index (κ3) is 4.90. The van der Waals surface area contributed by atoms with Crippen molar-refractivity contribution in [2.45, 2.75) is 12.5 Å². The topological polar surface area (TPSA) is 54.4 Å². The number of halogens is 1. The number of hydrogen-bond acceptors (Lipinski definition) is 3. The summed E-state index contributed by atoms with van der Waals surface area (Å²) in [4.78, 5) is 0. The van der Waals surface area contributed by atoms with E-state index in [0.717, 1.165) is 6.26 Å². The van der Waals surface area contributed by atoms with Crippen LogP contribution in [0.4, 0.5) is 4.39 Å². The van der Waals surface area contributed by atoms with Crippen LogP contribution in [0, 0.1) is 5.82 Å². The van der Waals surface area contributed by atoms with Crippen LogP contribution in [0.15, 0.2) is 24.3 Å². The Morgan fingerprint density at radius 1 is 1.33 bits per heavy atom. The van der Waals surface area contributed by atoms with Crippen molar-refractivity contribution >= 4 is 9.84 Å². The Labute approximate surface area is 88.5 Å². The van der Waals surface area contributed by atoms with Gasteiger partial charge in [-0.15, -0.1) is 0 Å². The van der Waals surface area contributed by atoms with Crippen LogP contribution in [0.1, 0.15) is 5.56 Å². The minimum absolute atomic E-state index is 0.216. The standard InChI is InChI=1S/C10H13FO3S/c1-15(13,14)7-10(12)6-8-2-4-9(11)5-3-8/h2-5,10,12H,6-7H2,1H3. The molecule has 1 rings (SSSR count). The number of benzene rings is 1. The molecule has 1 unspecified atom stereocenters. The van der Waals surface area contributed by atoms with E-state index in [-0.39, 0.29) is 18.0 Å². The highest BCUT2D eigenvalue weighted by molar-refractivity contribution is 7.90. The zero-order chi connectivity index (χ0) is 11.5. The van der Waals surface area contributed by atoms with E-state index in [4.69, 9.17) is 0 Å². The summed E-state index contributed by atoms with van der Waals surface area (Å²) in [5.74, 6) is -0.624. The summed E-state index contributed by atoms with van der Waals surface area (Å²) >= 11 is 0. The second-order valence-electron chi connectivity index (χ2n) is 3.58. The fourth-order valence-corrected chi connectivity index (χ4v) is 2.12. The van der Waals surface area contributed by atoms with E-state index >= 15 is 0 Å². The number of aliphatic hydroxyl groups is 1. The van der Waals surface area contributed by atoms with Crippen molar-refractivity contribution in [1.29, 1.82) is 0 Å². The van der Waals surface area contributed by atoms with Crippen LogP contribution in [0.3, 0.4) is 0 Å². The Bertz CT molecular complexity index is 411. The Hall–Kier alpha value is -0.940. The lowest BCUT2D eigenvalue weighted by molar-refractivity contribution is 0.198. The predicted molar refractivity (Wildman–Crippen MR) is 55.8 cm³/mol. The first-order chi connectivity index (χ1) is 6.87. The van der Waals surface area contributed by atoms with Crippen LogP contribution in [0.5, 0.6) is 0 Å². The van der Waals surface area contributed by atoms with Crippen LogP contribution in [-0.2, 0) is 16.3 Å². The molecule has 1 aromatic carbocycles. The third-order valence-electron chi connectivity index (χ3n) is 1.88. The lowest BCUT2D eigenvalue weighted by atomic mass is 10.1. The van der Waals surface area contributed by atoms with Crippen LogP contribution < -0.4 is 0 Å². The van der Waals surface area contributed by atoms with Crippen molar-refractivity contribution in [3.05, 3.63) is 35.6 Å². The molecule has 0 heterocycles. The molecule has 15 heavy (non-hydrogen) atoms. The smallest absolute Gasteiger partial charge is 0.150 e. The largest absolute Gasteiger partial charge is 0.392 e. The second-order valence-corrected chi connectivity index (χ2v) is 5.76. The molecular formula is C10H13FO3S. The van der Waals surface area contributed by atoms with Crippen LogP contribution in [0.2, 0.25) is 0 Å². The first-order valence-electron chi connectivity index (χ1n) is 4.47. The second kappa shape index (κ2) is 4.72. The Kier molecular flexibility index (Phi) is 3.82. The van der Waals surface area contributed by atoms with Gasteiger partial charge in [-0.25, -0.2) is 12.8 Å². The molecule has 0 aliphatic rings. The van der Waals surface area contributed by atoms with Gasteiger partial charge in [0.15, 0.2) is 0 Å². The van der Waals surface area contributed by atoms with Crippen molar-refractivity contribution in [1.82, 2.24) is 0 Å². The number of hydrogen-bond donors (Lipinski definition) is 1. The minimum Gasteiger partial charge on any atom is -0.392 e. The van der Waals surface area contributed by atoms with Gasteiger partial charge in [0.25, 0.3) is 0 Å². The van der Waals surface area contributed by atoms with Crippen molar-refractivity contribution in [3.63, 3.8) is 0 Å². The van der Waals surface area contributed by atoms with Crippen LogP contribution in [0.25, 0.3) is 0 Å². The first kappa shape index (κ1) is 12.1. The molecule has 3 nitrogen and oxygen atoms in total. The molecule has 0 bridgehead atoms. The van der Waals surface area contributed by atoms with Gasteiger partial charge < -0.3 is 5.11 Å². The Morgan fingerprint density at radius 2 is 1.87 bits per heavy atom. The molecule has 0 aliphatic carbocycles. The maximum Gasteiger partial charge on any atom is 0.150 e. The molecule has 0 aliphatic heterocycles. The van der Waals surface area contributed by atoms with Gasteiger partial charge in [0.2, 0.25) is 0 Å². The number of sulfone groups is 1. The van der Waals surface area contributed by atoms with E-state index in [1.54, 1.807) is 0 Å². The molecule has 5 heteroatoms. The maximum atomic E-state index is 12.5. The molecule has 0 aromatic heterocycles. The Balaban J connectivity index is 2.59. The van der Waals surface area contributed by atoms with Crippen molar-refractivity contribution in [2.75, 3.05) is 12.0 Å². The summed E-state index contributed by atoms with van der Waals surface area (Å²) in [5.41, 5.74) is 0.715. The van der Waals surface area contributed by atoms with Gasteiger partial charge in [0, 0.05) is 6.26 Å². The average molecular weight is 232 g/mol. The van der Waals surface area contributed by atoms with Gasteiger partial charge >= 0.3 is 0 Å². The van der Waals surface area contributed by atoms with E-state index in [1.165, 1.54) is 24.3 Å². The zero-order valence-electron chi connectivity index (χ0n) is 8.35. The van der Waals surface area contributed by atoms with E-state index in [1.807, 2.05) is 0 Å². The van der Waals surface area contributed by atoms with Crippen molar-refractivity contribution in [3.8, 4) is 0 Å². The molecule has 84 valence electrons. The molecule has 1 atom stereocenters. The zero-order valence-corrected chi connectivity index (χ0v) is 9.17. The molecule has 1 aromatic rings. The summed E-state index contributed by atoms with van der Waals surface area (Å²) in [6.07, 6.45) is 0.347.